The lowest BCUT2D eigenvalue weighted by molar-refractivity contribution is -0.192. The van der Waals surface area contributed by atoms with Gasteiger partial charge in [0, 0.05) is 31.4 Å². The molecule has 2 aliphatic rings. The van der Waals surface area contributed by atoms with Crippen LogP contribution in [0.4, 0.5) is 23.7 Å². The van der Waals surface area contributed by atoms with Crippen LogP contribution in [0.25, 0.3) is 0 Å². The van der Waals surface area contributed by atoms with Crippen molar-refractivity contribution in [1.82, 2.24) is 9.80 Å². The minimum Gasteiger partial charge on any atom is -0.475 e. The third kappa shape index (κ3) is 6.57. The smallest absolute Gasteiger partial charge is 0.475 e. The van der Waals surface area contributed by atoms with Crippen molar-refractivity contribution in [2.45, 2.75) is 37.2 Å². The molecule has 1 aromatic rings. The second kappa shape index (κ2) is 9.86. The van der Waals surface area contributed by atoms with Crippen molar-refractivity contribution in [3.63, 3.8) is 0 Å². The molecule has 0 aliphatic carbocycles. The number of carboxylic acid groups (broad SMARTS) is 1. The normalized spacial score (nSPS) is 23.6. The Balaban J connectivity index is 0.000000423. The van der Waals surface area contributed by atoms with Crippen molar-refractivity contribution in [3.8, 4) is 0 Å². The SMILES string of the molecule is Cc1ccccc1NC(=O)N1CC[C@@H]2[C@H](CC1)N(C)CCS2(=O)=O.O=C(O)C(F)(F)F. The third-order valence-corrected chi connectivity index (χ3v) is 7.70. The Kier molecular flexibility index (Phi) is 7.93. The molecule has 1 aromatic carbocycles. The number of hydrogen-bond donors (Lipinski definition) is 2. The maximum absolute atomic E-state index is 12.6. The molecule has 8 nitrogen and oxygen atoms in total. The number of carboxylic acids is 1. The predicted molar refractivity (Wildman–Crippen MR) is 109 cm³/mol. The fourth-order valence-electron chi connectivity index (χ4n) is 3.68. The Bertz CT molecular complexity index is 907. The Hall–Kier alpha value is -2.34. The molecule has 2 heterocycles. The van der Waals surface area contributed by atoms with Gasteiger partial charge in [0.05, 0.1) is 11.0 Å². The van der Waals surface area contributed by atoms with Crippen LogP contribution in [0, 0.1) is 6.92 Å². The van der Waals surface area contributed by atoms with Gasteiger partial charge in [0.15, 0.2) is 9.84 Å². The summed E-state index contributed by atoms with van der Waals surface area (Å²) < 4.78 is 56.5. The van der Waals surface area contributed by atoms with Gasteiger partial charge in [-0.05, 0) is 38.4 Å². The first kappa shape index (κ1) is 24.9. The lowest BCUT2D eigenvalue weighted by atomic mass is 10.1. The first-order valence-corrected chi connectivity index (χ1v) is 11.4. The van der Waals surface area contributed by atoms with E-state index >= 15 is 0 Å². The van der Waals surface area contributed by atoms with E-state index in [0.29, 0.717) is 32.5 Å². The highest BCUT2D eigenvalue weighted by Crippen LogP contribution is 2.27. The molecular weight excluding hydrogens is 439 g/mol. The number of likely N-dealkylation sites (tertiary alicyclic amines) is 1. The van der Waals surface area contributed by atoms with Crippen LogP contribution in [0.15, 0.2) is 24.3 Å². The van der Waals surface area contributed by atoms with Gasteiger partial charge in [-0.25, -0.2) is 18.0 Å². The molecule has 3 rings (SSSR count). The number of alkyl halides is 3. The zero-order valence-electron chi connectivity index (χ0n) is 17.2. The lowest BCUT2D eigenvalue weighted by Gasteiger charge is -2.37. The number of rotatable bonds is 1. The highest BCUT2D eigenvalue weighted by molar-refractivity contribution is 7.92. The Morgan fingerprint density at radius 3 is 2.29 bits per heavy atom. The van der Waals surface area contributed by atoms with Gasteiger partial charge in [-0.2, -0.15) is 13.2 Å². The van der Waals surface area contributed by atoms with Gasteiger partial charge in [0.2, 0.25) is 0 Å². The quantitative estimate of drug-likeness (QED) is 0.660. The van der Waals surface area contributed by atoms with Crippen LogP contribution in [0.3, 0.4) is 0 Å². The second-order valence-electron chi connectivity index (χ2n) is 7.57. The zero-order chi connectivity index (χ0) is 23.4. The van der Waals surface area contributed by atoms with E-state index in [-0.39, 0.29) is 23.1 Å². The van der Waals surface area contributed by atoms with E-state index in [1.165, 1.54) is 0 Å². The maximum Gasteiger partial charge on any atom is 0.490 e. The fourth-order valence-corrected chi connectivity index (χ4v) is 5.82. The number of carbonyl (C=O) groups excluding carboxylic acids is 1. The van der Waals surface area contributed by atoms with E-state index in [2.05, 4.69) is 10.2 Å². The summed E-state index contributed by atoms with van der Waals surface area (Å²) in [6, 6.07) is 7.52. The molecule has 2 aliphatic heterocycles. The van der Waals surface area contributed by atoms with E-state index in [1.807, 2.05) is 38.2 Å². The molecule has 0 saturated carbocycles. The Morgan fingerprint density at radius 1 is 1.13 bits per heavy atom. The van der Waals surface area contributed by atoms with Crippen molar-refractivity contribution < 1.29 is 36.3 Å². The number of benzene rings is 1. The number of para-hydroxylation sites is 1. The topological polar surface area (TPSA) is 107 Å². The predicted octanol–water partition coefficient (Wildman–Crippen LogP) is 2.35. The van der Waals surface area contributed by atoms with Crippen LogP contribution >= 0.6 is 0 Å². The van der Waals surface area contributed by atoms with Crippen LogP contribution in [0.5, 0.6) is 0 Å². The van der Waals surface area contributed by atoms with Gasteiger partial charge in [-0.1, -0.05) is 18.2 Å². The summed E-state index contributed by atoms with van der Waals surface area (Å²) in [6.07, 6.45) is -3.87. The molecule has 0 bridgehead atoms. The van der Waals surface area contributed by atoms with Crippen molar-refractivity contribution in [3.05, 3.63) is 29.8 Å². The summed E-state index contributed by atoms with van der Waals surface area (Å²) >= 11 is 0. The standard InChI is InChI=1S/C17H25N3O3S.C2HF3O2/c1-13-5-3-4-6-14(13)18-17(21)20-9-7-15-16(8-10-20)24(22,23)12-11-19(15)2;3-2(4,5)1(6)7/h3-6,15-16H,7-12H2,1-2H3,(H,18,21);(H,6,7)/t15-,16+;/m0./s1. The number of fused-ring (bicyclic) bond motifs is 1. The summed E-state index contributed by atoms with van der Waals surface area (Å²) in [7, 11) is -1.07. The summed E-state index contributed by atoms with van der Waals surface area (Å²) in [5, 5.41) is 9.72. The van der Waals surface area contributed by atoms with E-state index in [1.54, 1.807) is 4.90 Å². The van der Waals surface area contributed by atoms with Gasteiger partial charge >= 0.3 is 18.2 Å². The lowest BCUT2D eigenvalue weighted by Crippen LogP contribution is -2.52. The third-order valence-electron chi connectivity index (χ3n) is 5.48. The van der Waals surface area contributed by atoms with E-state index in [9.17, 15) is 26.4 Å². The Labute approximate surface area is 178 Å². The summed E-state index contributed by atoms with van der Waals surface area (Å²) in [5.74, 6) is -2.53. The van der Waals surface area contributed by atoms with E-state index in [4.69, 9.17) is 9.90 Å². The van der Waals surface area contributed by atoms with Crippen LogP contribution in [-0.4, -0.2) is 85.2 Å². The number of urea groups is 1. The minimum atomic E-state index is -5.08. The number of aliphatic carboxylic acids is 1. The summed E-state index contributed by atoms with van der Waals surface area (Å²) in [5.41, 5.74) is 1.81. The van der Waals surface area contributed by atoms with Crippen LogP contribution in [0.2, 0.25) is 0 Å². The molecule has 2 amide bonds. The van der Waals surface area contributed by atoms with Gasteiger partial charge in [0.1, 0.15) is 0 Å². The molecule has 2 N–H and O–H groups in total. The van der Waals surface area contributed by atoms with Gasteiger partial charge in [-0.15, -0.1) is 0 Å². The van der Waals surface area contributed by atoms with Crippen molar-refractivity contribution in [2.75, 3.05) is 37.8 Å². The number of nitrogens with one attached hydrogen (secondary N) is 1. The molecular formula is C19H26F3N3O5S. The number of nitrogens with zero attached hydrogens (tertiary/aromatic N) is 2. The largest absolute Gasteiger partial charge is 0.490 e. The average Bonchev–Trinajstić information content (AvgIpc) is 2.91. The number of carbonyl (C=O) groups is 2. The fraction of sp³-hybridized carbons (Fsp3) is 0.579. The molecule has 0 radical (unpaired) electrons. The molecule has 0 aromatic heterocycles. The number of sulfone groups is 1. The number of hydrogen-bond acceptors (Lipinski definition) is 5. The minimum absolute atomic E-state index is 0.0139. The first-order valence-electron chi connectivity index (χ1n) is 9.66. The number of amides is 2. The first-order chi connectivity index (χ1) is 14.3. The number of aryl methyl sites for hydroxylation is 1. The molecule has 12 heteroatoms. The molecule has 2 atom stereocenters. The van der Waals surface area contributed by atoms with E-state index < -0.39 is 22.0 Å². The average molecular weight is 465 g/mol. The summed E-state index contributed by atoms with van der Waals surface area (Å²) in [6.45, 7) is 3.59. The van der Waals surface area contributed by atoms with Crippen molar-refractivity contribution in [2.24, 2.45) is 0 Å². The van der Waals surface area contributed by atoms with E-state index in [0.717, 1.165) is 11.3 Å². The molecule has 2 fully saturated rings. The monoisotopic (exact) mass is 465 g/mol. The maximum atomic E-state index is 12.6. The highest BCUT2D eigenvalue weighted by atomic mass is 32.2. The van der Waals surface area contributed by atoms with Gasteiger partial charge < -0.3 is 20.2 Å². The number of anilines is 1. The van der Waals surface area contributed by atoms with Gasteiger partial charge in [0.25, 0.3) is 0 Å². The second-order valence-corrected chi connectivity index (χ2v) is 9.91. The zero-order valence-corrected chi connectivity index (χ0v) is 18.0. The summed E-state index contributed by atoms with van der Waals surface area (Å²) in [4.78, 5) is 25.3. The molecule has 0 unspecified atom stereocenters. The van der Waals surface area contributed by atoms with Crippen LogP contribution < -0.4 is 5.32 Å². The van der Waals surface area contributed by atoms with Gasteiger partial charge in [-0.3, -0.25) is 0 Å². The Morgan fingerprint density at radius 2 is 1.71 bits per heavy atom. The number of halogens is 3. The van der Waals surface area contributed by atoms with Crippen molar-refractivity contribution >= 4 is 27.5 Å². The van der Waals surface area contributed by atoms with Crippen LogP contribution in [0.1, 0.15) is 18.4 Å². The molecule has 0 spiro atoms. The molecule has 31 heavy (non-hydrogen) atoms. The highest BCUT2D eigenvalue weighted by Gasteiger charge is 2.42. The van der Waals surface area contributed by atoms with Crippen LogP contribution in [-0.2, 0) is 14.6 Å². The molecule has 2 saturated heterocycles. The molecule has 174 valence electrons. The van der Waals surface area contributed by atoms with Crippen molar-refractivity contribution in [1.29, 1.82) is 0 Å².